The van der Waals surface area contributed by atoms with E-state index in [4.69, 9.17) is 5.73 Å². The molecule has 1 fully saturated rings. The second-order valence-electron chi connectivity index (χ2n) is 4.07. The molecule has 7 heteroatoms. The zero-order valence-corrected chi connectivity index (χ0v) is 11.0. The van der Waals surface area contributed by atoms with Gasteiger partial charge in [0.1, 0.15) is 0 Å². The summed E-state index contributed by atoms with van der Waals surface area (Å²) >= 11 is 0. The monoisotopic (exact) mass is 264 g/mol. The van der Waals surface area contributed by atoms with Crippen molar-refractivity contribution in [1.82, 2.24) is 15.5 Å². The zero-order valence-electron chi connectivity index (χ0n) is 10.2. The van der Waals surface area contributed by atoms with Crippen LogP contribution in [0.15, 0.2) is 0 Å². The zero-order chi connectivity index (χ0) is 12.1. The van der Waals surface area contributed by atoms with E-state index < -0.39 is 6.03 Å². The Kier molecular flexibility index (Phi) is 7.10. The van der Waals surface area contributed by atoms with Crippen molar-refractivity contribution in [2.24, 2.45) is 5.73 Å². The summed E-state index contributed by atoms with van der Waals surface area (Å²) in [5, 5.41) is 4.82. The number of nitrogens with zero attached hydrogens (tertiary/aromatic N) is 1. The number of nitrogens with one attached hydrogen (secondary N) is 2. The van der Waals surface area contributed by atoms with Gasteiger partial charge in [-0.2, -0.15) is 0 Å². The number of imide groups is 1. The summed E-state index contributed by atoms with van der Waals surface area (Å²) in [6.07, 6.45) is 0.902. The molecule has 0 aliphatic carbocycles. The van der Waals surface area contributed by atoms with Crippen molar-refractivity contribution in [1.29, 1.82) is 0 Å². The predicted octanol–water partition coefficient (Wildman–Crippen LogP) is -0.325. The van der Waals surface area contributed by atoms with E-state index in [1.54, 1.807) is 13.8 Å². The maximum Gasteiger partial charge on any atom is 0.321 e. The minimum Gasteiger partial charge on any atom is -0.338 e. The highest BCUT2D eigenvalue weighted by Gasteiger charge is 2.28. The lowest BCUT2D eigenvalue weighted by molar-refractivity contribution is -0.124. The average molecular weight is 265 g/mol. The Hall–Kier alpha value is -0.850. The maximum atomic E-state index is 11.7. The van der Waals surface area contributed by atoms with Crippen LogP contribution in [0.25, 0.3) is 0 Å². The Balaban J connectivity index is 0.00000256. The molecule has 0 aromatic rings. The summed E-state index contributed by atoms with van der Waals surface area (Å²) < 4.78 is 0. The van der Waals surface area contributed by atoms with Gasteiger partial charge in [0, 0.05) is 25.7 Å². The summed E-state index contributed by atoms with van der Waals surface area (Å²) in [5.41, 5.74) is 5.76. The lowest BCUT2D eigenvalue weighted by Gasteiger charge is -2.22. The fraction of sp³-hybridized carbons (Fsp3) is 0.800. The maximum absolute atomic E-state index is 11.7. The molecule has 17 heavy (non-hydrogen) atoms. The molecule has 2 atom stereocenters. The Labute approximate surface area is 108 Å². The van der Waals surface area contributed by atoms with Gasteiger partial charge in [-0.15, -0.1) is 12.4 Å². The summed E-state index contributed by atoms with van der Waals surface area (Å²) in [7, 11) is 0. The molecule has 1 heterocycles. The van der Waals surface area contributed by atoms with Gasteiger partial charge in [-0.25, -0.2) is 4.79 Å². The van der Waals surface area contributed by atoms with Crippen molar-refractivity contribution in [3.63, 3.8) is 0 Å². The smallest absolute Gasteiger partial charge is 0.321 e. The number of halogens is 1. The largest absolute Gasteiger partial charge is 0.338 e. The van der Waals surface area contributed by atoms with Gasteiger partial charge in [-0.05, 0) is 20.3 Å². The molecule has 0 bridgehead atoms. The van der Waals surface area contributed by atoms with Gasteiger partial charge in [-0.3, -0.25) is 15.0 Å². The number of rotatable bonds is 3. The highest BCUT2D eigenvalue weighted by atomic mass is 35.5. The van der Waals surface area contributed by atoms with Gasteiger partial charge in [-0.1, -0.05) is 0 Å². The van der Waals surface area contributed by atoms with Crippen molar-refractivity contribution in [3.05, 3.63) is 0 Å². The molecule has 0 saturated carbocycles. The second kappa shape index (κ2) is 7.47. The Bertz CT molecular complexity index is 275. The molecule has 6 nitrogen and oxygen atoms in total. The number of likely N-dealkylation sites (tertiary alicyclic amines) is 1. The van der Waals surface area contributed by atoms with Crippen LogP contribution in [0.1, 0.15) is 20.3 Å². The minimum absolute atomic E-state index is 0. The minimum atomic E-state index is -0.442. The van der Waals surface area contributed by atoms with Crippen LogP contribution in [-0.2, 0) is 4.79 Å². The number of amides is 3. The van der Waals surface area contributed by atoms with E-state index in [0.717, 1.165) is 13.0 Å². The third kappa shape index (κ3) is 4.89. The summed E-state index contributed by atoms with van der Waals surface area (Å²) in [4.78, 5) is 24.8. The Morgan fingerprint density at radius 3 is 2.65 bits per heavy atom. The second-order valence-corrected chi connectivity index (χ2v) is 4.07. The van der Waals surface area contributed by atoms with Crippen LogP contribution in [0.2, 0.25) is 0 Å². The number of urea groups is 1. The molecule has 0 aromatic heterocycles. The van der Waals surface area contributed by atoms with Crippen molar-refractivity contribution >= 4 is 24.3 Å². The Morgan fingerprint density at radius 1 is 1.53 bits per heavy atom. The van der Waals surface area contributed by atoms with Crippen molar-refractivity contribution < 1.29 is 9.59 Å². The summed E-state index contributed by atoms with van der Waals surface area (Å²) in [5.74, 6) is -0.278. The number of carbonyl (C=O) groups excluding carboxylic acids is 2. The van der Waals surface area contributed by atoms with Gasteiger partial charge in [0.15, 0.2) is 0 Å². The Morgan fingerprint density at radius 2 is 2.18 bits per heavy atom. The van der Waals surface area contributed by atoms with Crippen LogP contribution in [0.5, 0.6) is 0 Å². The molecule has 1 unspecified atom stereocenters. The molecule has 0 aromatic carbocycles. The average Bonchev–Trinajstić information content (AvgIpc) is 2.64. The number of nitrogens with two attached hydrogens (primary N) is 1. The van der Waals surface area contributed by atoms with Crippen LogP contribution in [0.3, 0.4) is 0 Å². The van der Waals surface area contributed by atoms with E-state index in [1.165, 1.54) is 0 Å². The number of hydrogen-bond donors (Lipinski definition) is 3. The first-order valence-corrected chi connectivity index (χ1v) is 5.63. The van der Waals surface area contributed by atoms with Gasteiger partial charge in [0.2, 0.25) is 5.91 Å². The lowest BCUT2D eigenvalue weighted by atomic mass is 10.3. The molecular weight excluding hydrogens is 244 g/mol. The van der Waals surface area contributed by atoms with Gasteiger partial charge in [0.05, 0.1) is 6.04 Å². The normalized spacial score (nSPS) is 21.5. The SMILES string of the molecule is CCNC(=O)NC(=O)C(C)N1CC[C@@H](N)C1.Cl. The van der Waals surface area contributed by atoms with Gasteiger partial charge >= 0.3 is 6.03 Å². The van der Waals surface area contributed by atoms with E-state index in [0.29, 0.717) is 13.1 Å². The molecule has 1 saturated heterocycles. The molecule has 1 aliphatic rings. The summed E-state index contributed by atoms with van der Waals surface area (Å²) in [6, 6.07) is -0.612. The first-order valence-electron chi connectivity index (χ1n) is 5.63. The fourth-order valence-corrected chi connectivity index (χ4v) is 1.75. The summed E-state index contributed by atoms with van der Waals surface area (Å²) in [6.45, 7) is 5.61. The van der Waals surface area contributed by atoms with E-state index in [-0.39, 0.29) is 30.4 Å². The van der Waals surface area contributed by atoms with Crippen molar-refractivity contribution in [2.45, 2.75) is 32.4 Å². The first-order chi connectivity index (χ1) is 7.54. The van der Waals surface area contributed by atoms with Crippen LogP contribution in [0.4, 0.5) is 4.79 Å². The highest BCUT2D eigenvalue weighted by molar-refractivity contribution is 5.96. The van der Waals surface area contributed by atoms with Crippen molar-refractivity contribution in [3.8, 4) is 0 Å². The molecule has 4 N–H and O–H groups in total. The predicted molar refractivity (Wildman–Crippen MR) is 68.1 cm³/mol. The van der Waals surface area contributed by atoms with Gasteiger partial charge in [0.25, 0.3) is 0 Å². The van der Waals surface area contributed by atoms with E-state index in [2.05, 4.69) is 10.6 Å². The van der Waals surface area contributed by atoms with Crippen LogP contribution in [-0.4, -0.2) is 48.6 Å². The lowest BCUT2D eigenvalue weighted by Crippen LogP contribution is -2.49. The fourth-order valence-electron chi connectivity index (χ4n) is 1.75. The van der Waals surface area contributed by atoms with Gasteiger partial charge < -0.3 is 11.1 Å². The van der Waals surface area contributed by atoms with E-state index in [9.17, 15) is 9.59 Å². The quantitative estimate of drug-likeness (QED) is 0.652. The molecule has 100 valence electrons. The molecule has 1 rings (SSSR count). The standard InChI is InChI=1S/C10H20N4O2.ClH/c1-3-12-10(16)13-9(15)7(2)14-5-4-8(11)6-14;/h7-8H,3-6,11H2,1-2H3,(H2,12,13,15,16);1H/t7?,8-;/m1./s1. The number of carbonyl (C=O) groups is 2. The van der Waals surface area contributed by atoms with Crippen LogP contribution < -0.4 is 16.4 Å². The van der Waals surface area contributed by atoms with E-state index >= 15 is 0 Å². The van der Waals surface area contributed by atoms with Crippen molar-refractivity contribution in [2.75, 3.05) is 19.6 Å². The van der Waals surface area contributed by atoms with E-state index in [1.807, 2.05) is 4.90 Å². The molecule has 0 radical (unpaired) electrons. The molecule has 0 spiro atoms. The first kappa shape index (κ1) is 16.1. The highest BCUT2D eigenvalue weighted by Crippen LogP contribution is 2.10. The van der Waals surface area contributed by atoms with Crippen LogP contribution >= 0.6 is 12.4 Å². The third-order valence-electron chi connectivity index (χ3n) is 2.76. The number of hydrogen-bond acceptors (Lipinski definition) is 4. The molecule has 3 amide bonds. The topological polar surface area (TPSA) is 87.5 Å². The molecule has 1 aliphatic heterocycles. The van der Waals surface area contributed by atoms with Crippen LogP contribution in [0, 0.1) is 0 Å². The molecular formula is C10H21ClN4O2. The third-order valence-corrected chi connectivity index (χ3v) is 2.76.